The number of carbonyl (C=O) groups excluding carboxylic acids is 2. The van der Waals surface area contributed by atoms with Gasteiger partial charge in [0.2, 0.25) is 0 Å². The molecule has 5 aromatic rings. The standard InChI is InChI=1S/C37H37N3O6S2/c1-23-31(22-47-37-40-29-13-6-7-14-32(29)48-37)45-35(46-33(23)26-17-15-25(21-41)16-18-26)27-11-8-12-28(20-27)38-36(43)39-30(34(42)44-2)19-24-9-4-3-5-10-24/h3-18,20,23,30-31,33,35,41H,19,21-22H2,1-2H3,(H2,38,39,43). The van der Waals surface area contributed by atoms with E-state index in [0.717, 1.165) is 36.8 Å². The summed E-state index contributed by atoms with van der Waals surface area (Å²) in [6.45, 7) is 2.09. The topological polar surface area (TPSA) is 119 Å². The van der Waals surface area contributed by atoms with E-state index >= 15 is 0 Å². The molecule has 3 N–H and O–H groups in total. The van der Waals surface area contributed by atoms with Gasteiger partial charge in [-0.2, -0.15) is 0 Å². The average molecular weight is 684 g/mol. The van der Waals surface area contributed by atoms with Crippen molar-refractivity contribution in [1.82, 2.24) is 10.3 Å². The predicted octanol–water partition coefficient (Wildman–Crippen LogP) is 7.28. The zero-order valence-corrected chi connectivity index (χ0v) is 28.2. The summed E-state index contributed by atoms with van der Waals surface area (Å²) in [4.78, 5) is 30.3. The van der Waals surface area contributed by atoms with Gasteiger partial charge in [-0.15, -0.1) is 11.3 Å². The van der Waals surface area contributed by atoms with Crippen LogP contribution in [0.15, 0.2) is 107 Å². The minimum Gasteiger partial charge on any atom is -0.467 e. The van der Waals surface area contributed by atoms with Crippen molar-refractivity contribution in [3.05, 3.63) is 125 Å². The molecular formula is C37H37N3O6S2. The molecule has 5 atom stereocenters. The number of nitrogens with one attached hydrogen (secondary N) is 2. The van der Waals surface area contributed by atoms with Crippen molar-refractivity contribution < 1.29 is 28.9 Å². The Kier molecular flexibility index (Phi) is 11.0. The highest BCUT2D eigenvalue weighted by atomic mass is 32.2. The minimum absolute atomic E-state index is 0.00931. The maximum Gasteiger partial charge on any atom is 0.328 e. The highest BCUT2D eigenvalue weighted by molar-refractivity contribution is 8.01. The number of hydrogen-bond donors (Lipinski definition) is 3. The van der Waals surface area contributed by atoms with Crippen LogP contribution in [0, 0.1) is 5.92 Å². The van der Waals surface area contributed by atoms with Gasteiger partial charge in [0.05, 0.1) is 36.1 Å². The van der Waals surface area contributed by atoms with E-state index in [9.17, 15) is 14.7 Å². The Labute approximate surface area is 287 Å². The maximum absolute atomic E-state index is 13.1. The molecule has 11 heteroatoms. The van der Waals surface area contributed by atoms with Crippen LogP contribution in [0.4, 0.5) is 10.5 Å². The summed E-state index contributed by atoms with van der Waals surface area (Å²) in [6, 6.07) is 31.2. The summed E-state index contributed by atoms with van der Waals surface area (Å²) in [5.74, 6) is 0.145. The van der Waals surface area contributed by atoms with E-state index in [1.54, 1.807) is 29.2 Å². The van der Waals surface area contributed by atoms with Gasteiger partial charge in [0.1, 0.15) is 6.04 Å². The van der Waals surface area contributed by atoms with Crippen molar-refractivity contribution in [1.29, 1.82) is 0 Å². The van der Waals surface area contributed by atoms with Crippen LogP contribution in [0.1, 0.15) is 41.6 Å². The summed E-state index contributed by atoms with van der Waals surface area (Å²) in [6.07, 6.45) is -0.881. The number of nitrogens with zero attached hydrogens (tertiary/aromatic N) is 1. The predicted molar refractivity (Wildman–Crippen MR) is 188 cm³/mol. The van der Waals surface area contributed by atoms with Gasteiger partial charge in [0.15, 0.2) is 10.6 Å². The van der Waals surface area contributed by atoms with Crippen molar-refractivity contribution in [2.45, 2.75) is 48.8 Å². The van der Waals surface area contributed by atoms with Gasteiger partial charge in [-0.05, 0) is 41.0 Å². The number of anilines is 1. The molecule has 1 fully saturated rings. The van der Waals surface area contributed by atoms with Crippen LogP contribution >= 0.6 is 23.1 Å². The van der Waals surface area contributed by atoms with Gasteiger partial charge in [-0.1, -0.05) is 97.5 Å². The van der Waals surface area contributed by atoms with Gasteiger partial charge in [0.25, 0.3) is 0 Å². The lowest BCUT2D eigenvalue weighted by atomic mass is 9.91. The number of para-hydroxylation sites is 1. The lowest BCUT2D eigenvalue weighted by Gasteiger charge is -2.41. The van der Waals surface area contributed by atoms with Gasteiger partial charge in [-0.3, -0.25) is 0 Å². The molecular weight excluding hydrogens is 647 g/mol. The van der Waals surface area contributed by atoms with Crippen LogP contribution in [0.3, 0.4) is 0 Å². The van der Waals surface area contributed by atoms with Crippen LogP contribution in [-0.4, -0.2) is 47.1 Å². The summed E-state index contributed by atoms with van der Waals surface area (Å²) >= 11 is 3.34. The van der Waals surface area contributed by atoms with E-state index < -0.39 is 24.3 Å². The van der Waals surface area contributed by atoms with E-state index in [0.29, 0.717) is 17.9 Å². The second-order valence-corrected chi connectivity index (χ2v) is 13.9. The number of hydrogen-bond acceptors (Lipinski definition) is 9. The molecule has 1 aliphatic heterocycles. The lowest BCUT2D eigenvalue weighted by molar-refractivity contribution is -0.268. The smallest absolute Gasteiger partial charge is 0.328 e. The third-order valence-electron chi connectivity index (χ3n) is 8.26. The minimum atomic E-state index is -0.862. The number of carbonyl (C=O) groups is 2. The number of esters is 1. The molecule has 0 radical (unpaired) electrons. The van der Waals surface area contributed by atoms with E-state index in [1.807, 2.05) is 91.0 Å². The molecule has 0 saturated carbocycles. The molecule has 4 aromatic carbocycles. The van der Waals surface area contributed by atoms with Crippen LogP contribution in [0.2, 0.25) is 0 Å². The first-order chi connectivity index (χ1) is 23.4. The van der Waals surface area contributed by atoms with E-state index in [-0.39, 0.29) is 24.7 Å². The molecule has 1 aliphatic rings. The largest absolute Gasteiger partial charge is 0.467 e. The number of rotatable bonds is 11. The maximum atomic E-state index is 13.1. The van der Waals surface area contributed by atoms with Gasteiger partial charge in [0, 0.05) is 29.3 Å². The van der Waals surface area contributed by atoms with Gasteiger partial charge in [-0.25, -0.2) is 14.6 Å². The first-order valence-corrected chi connectivity index (χ1v) is 17.5. The fourth-order valence-corrected chi connectivity index (χ4v) is 7.91. The molecule has 48 heavy (non-hydrogen) atoms. The Morgan fingerprint density at radius 1 is 0.938 bits per heavy atom. The zero-order chi connectivity index (χ0) is 33.5. The van der Waals surface area contributed by atoms with Gasteiger partial charge < -0.3 is 30.0 Å². The third kappa shape index (κ3) is 8.23. The lowest BCUT2D eigenvalue weighted by Crippen LogP contribution is -2.45. The number of aliphatic hydroxyl groups excluding tert-OH is 1. The Morgan fingerprint density at radius 3 is 2.46 bits per heavy atom. The van der Waals surface area contributed by atoms with Gasteiger partial charge >= 0.3 is 12.0 Å². The fourth-order valence-electron chi connectivity index (χ4n) is 5.65. The van der Waals surface area contributed by atoms with Crippen LogP contribution < -0.4 is 10.6 Å². The zero-order valence-electron chi connectivity index (χ0n) is 26.6. The van der Waals surface area contributed by atoms with Crippen LogP contribution in [0.5, 0.6) is 0 Å². The van der Waals surface area contributed by atoms with Crippen molar-refractivity contribution in [2.75, 3.05) is 18.2 Å². The first-order valence-electron chi connectivity index (χ1n) is 15.7. The molecule has 1 aromatic heterocycles. The number of thiazole rings is 1. The Morgan fingerprint density at radius 2 is 1.71 bits per heavy atom. The Hall–Kier alpha value is -4.26. The van der Waals surface area contributed by atoms with Crippen molar-refractivity contribution in [3.8, 4) is 0 Å². The number of aromatic nitrogens is 1. The summed E-state index contributed by atoms with van der Waals surface area (Å²) in [7, 11) is 1.30. The molecule has 248 valence electrons. The van der Waals surface area contributed by atoms with Crippen LogP contribution in [0.25, 0.3) is 10.2 Å². The van der Waals surface area contributed by atoms with E-state index in [4.69, 9.17) is 19.2 Å². The first kappa shape index (κ1) is 33.6. The molecule has 6 rings (SSSR count). The molecule has 0 spiro atoms. The average Bonchev–Trinajstić information content (AvgIpc) is 3.54. The summed E-state index contributed by atoms with van der Waals surface area (Å²) in [5, 5.41) is 15.2. The second-order valence-electron chi connectivity index (χ2n) is 11.6. The number of benzene rings is 4. The molecule has 2 heterocycles. The van der Waals surface area contributed by atoms with Crippen LogP contribution in [-0.2, 0) is 32.0 Å². The fraction of sp³-hybridized carbons (Fsp3) is 0.270. The number of ether oxygens (including phenoxy) is 3. The highest BCUT2D eigenvalue weighted by Crippen LogP contribution is 2.43. The number of urea groups is 1. The third-order valence-corrected chi connectivity index (χ3v) is 10.5. The Bertz CT molecular complexity index is 1800. The number of fused-ring (bicyclic) bond motifs is 1. The Balaban J connectivity index is 1.19. The molecule has 5 unspecified atom stereocenters. The number of aliphatic hydroxyl groups is 1. The number of thioether (sulfide) groups is 1. The van der Waals surface area contributed by atoms with E-state index in [2.05, 4.69) is 23.6 Å². The number of amides is 2. The SMILES string of the molecule is COC(=O)C(Cc1ccccc1)NC(=O)Nc1cccc(C2OC(CSc3nc4ccccc4s3)C(C)C(c3ccc(CO)cc3)O2)c1. The normalized spacial score (nSPS) is 19.8. The van der Waals surface area contributed by atoms with E-state index in [1.165, 1.54) is 7.11 Å². The van der Waals surface area contributed by atoms with Crippen molar-refractivity contribution >= 4 is 51.0 Å². The second kappa shape index (κ2) is 15.8. The summed E-state index contributed by atoms with van der Waals surface area (Å²) < 4.78 is 20.3. The highest BCUT2D eigenvalue weighted by Gasteiger charge is 2.38. The molecule has 0 aliphatic carbocycles. The molecule has 9 nitrogen and oxygen atoms in total. The molecule has 2 amide bonds. The van der Waals surface area contributed by atoms with Crippen molar-refractivity contribution in [3.63, 3.8) is 0 Å². The number of methoxy groups -OCH3 is 1. The monoisotopic (exact) mass is 683 g/mol. The van der Waals surface area contributed by atoms with Crippen molar-refractivity contribution in [2.24, 2.45) is 5.92 Å². The molecule has 1 saturated heterocycles. The molecule has 0 bridgehead atoms. The quantitative estimate of drug-likeness (QED) is 0.0983. The summed E-state index contributed by atoms with van der Waals surface area (Å²) in [5.41, 5.74) is 4.95.